The third-order valence-corrected chi connectivity index (χ3v) is 5.78. The number of nitrogens with zero attached hydrogens (tertiary/aromatic N) is 1. The molecule has 1 aliphatic carbocycles. The van der Waals surface area contributed by atoms with Crippen LogP contribution in [-0.2, 0) is 20.3 Å². The van der Waals surface area contributed by atoms with Crippen molar-refractivity contribution in [3.63, 3.8) is 0 Å². The zero-order chi connectivity index (χ0) is 16.9. The topological polar surface area (TPSA) is 72.0 Å². The Morgan fingerprint density at radius 3 is 2.83 bits per heavy atom. The van der Waals surface area contributed by atoms with E-state index in [1.807, 2.05) is 6.92 Å². The first-order valence-electron chi connectivity index (χ1n) is 8.62. The Balaban J connectivity index is 2.21. The number of guanidine groups is 1. The second kappa shape index (κ2) is 12.7. The van der Waals surface area contributed by atoms with Gasteiger partial charge in [0.25, 0.3) is 0 Å². The molecule has 1 fully saturated rings. The standard InChI is InChI=1S/C16H33N3O3S/c1-4-23(20)15-8-5-7-14(13-15)19-16(17-2)18-9-6-10-22-12-11-21-3/h14-15H,4-13H2,1-3H3,(H2,17,18,19). The fourth-order valence-electron chi connectivity index (χ4n) is 2.76. The summed E-state index contributed by atoms with van der Waals surface area (Å²) in [6, 6.07) is 0.369. The van der Waals surface area contributed by atoms with Gasteiger partial charge in [-0.3, -0.25) is 9.20 Å². The fraction of sp³-hybridized carbons (Fsp3) is 0.938. The second-order valence-electron chi connectivity index (χ2n) is 5.76. The van der Waals surface area contributed by atoms with Gasteiger partial charge < -0.3 is 20.1 Å². The molecule has 136 valence electrons. The van der Waals surface area contributed by atoms with Gasteiger partial charge in [-0.15, -0.1) is 0 Å². The summed E-state index contributed by atoms with van der Waals surface area (Å²) in [5.74, 6) is 1.59. The van der Waals surface area contributed by atoms with Crippen molar-refractivity contribution in [2.45, 2.75) is 50.3 Å². The van der Waals surface area contributed by atoms with Crippen molar-refractivity contribution in [3.05, 3.63) is 0 Å². The van der Waals surface area contributed by atoms with Gasteiger partial charge in [-0.25, -0.2) is 0 Å². The van der Waals surface area contributed by atoms with Crippen LogP contribution in [0.4, 0.5) is 0 Å². The minimum atomic E-state index is -0.689. The van der Waals surface area contributed by atoms with Gasteiger partial charge >= 0.3 is 0 Å². The number of hydrogen-bond acceptors (Lipinski definition) is 4. The van der Waals surface area contributed by atoms with Gasteiger partial charge in [0, 0.05) is 55.2 Å². The van der Waals surface area contributed by atoms with Gasteiger partial charge in [0.2, 0.25) is 0 Å². The van der Waals surface area contributed by atoms with E-state index in [0.717, 1.165) is 50.4 Å². The average Bonchev–Trinajstić information content (AvgIpc) is 2.59. The molecule has 1 saturated carbocycles. The van der Waals surface area contributed by atoms with Crippen LogP contribution in [0, 0.1) is 0 Å². The van der Waals surface area contributed by atoms with E-state index in [1.54, 1.807) is 14.2 Å². The molecule has 0 heterocycles. The van der Waals surface area contributed by atoms with Gasteiger partial charge in [0.05, 0.1) is 13.2 Å². The molecule has 0 aromatic heterocycles. The van der Waals surface area contributed by atoms with Crippen molar-refractivity contribution in [3.8, 4) is 0 Å². The highest BCUT2D eigenvalue weighted by Gasteiger charge is 2.25. The summed E-state index contributed by atoms with van der Waals surface area (Å²) in [6.45, 7) is 4.82. The van der Waals surface area contributed by atoms with E-state index in [4.69, 9.17) is 9.47 Å². The van der Waals surface area contributed by atoms with E-state index in [9.17, 15) is 4.21 Å². The normalized spacial score (nSPS) is 23.5. The van der Waals surface area contributed by atoms with Crippen LogP contribution in [0.2, 0.25) is 0 Å². The zero-order valence-electron chi connectivity index (χ0n) is 14.8. The van der Waals surface area contributed by atoms with Gasteiger partial charge in [-0.05, 0) is 25.7 Å². The van der Waals surface area contributed by atoms with Crippen molar-refractivity contribution in [2.75, 3.05) is 46.3 Å². The Morgan fingerprint density at radius 2 is 2.13 bits per heavy atom. The molecule has 6 nitrogen and oxygen atoms in total. The summed E-state index contributed by atoms with van der Waals surface area (Å²) in [4.78, 5) is 4.28. The highest BCUT2D eigenvalue weighted by molar-refractivity contribution is 7.85. The number of hydrogen-bond donors (Lipinski definition) is 2. The summed E-state index contributed by atoms with van der Waals surface area (Å²) in [7, 11) is 2.77. The maximum Gasteiger partial charge on any atom is 0.191 e. The molecule has 0 radical (unpaired) electrons. The van der Waals surface area contributed by atoms with Crippen LogP contribution in [0.1, 0.15) is 39.0 Å². The Hall–Kier alpha value is -0.660. The molecule has 7 heteroatoms. The highest BCUT2D eigenvalue weighted by Crippen LogP contribution is 2.22. The molecular formula is C16H33N3O3S. The zero-order valence-corrected chi connectivity index (χ0v) is 15.6. The molecule has 1 rings (SSSR count). The first-order chi connectivity index (χ1) is 11.2. The van der Waals surface area contributed by atoms with Gasteiger partial charge in [0.15, 0.2) is 5.96 Å². The molecule has 0 aromatic rings. The van der Waals surface area contributed by atoms with Gasteiger partial charge in [-0.1, -0.05) is 13.3 Å². The quantitative estimate of drug-likeness (QED) is 0.354. The van der Waals surface area contributed by atoms with Crippen molar-refractivity contribution in [1.82, 2.24) is 10.6 Å². The van der Waals surface area contributed by atoms with E-state index in [-0.39, 0.29) is 0 Å². The van der Waals surface area contributed by atoms with Crippen molar-refractivity contribution >= 4 is 16.8 Å². The Kier molecular flexibility index (Phi) is 11.3. The number of methoxy groups -OCH3 is 1. The van der Waals surface area contributed by atoms with Crippen LogP contribution >= 0.6 is 0 Å². The third-order valence-electron chi connectivity index (χ3n) is 4.04. The lowest BCUT2D eigenvalue weighted by molar-refractivity contribution is 0.0698. The lowest BCUT2D eigenvalue weighted by atomic mass is 9.95. The maximum atomic E-state index is 12.0. The molecule has 0 aromatic carbocycles. The van der Waals surface area contributed by atoms with E-state index >= 15 is 0 Å². The highest BCUT2D eigenvalue weighted by atomic mass is 32.2. The van der Waals surface area contributed by atoms with Crippen LogP contribution in [0.5, 0.6) is 0 Å². The number of ether oxygens (including phenoxy) is 2. The minimum Gasteiger partial charge on any atom is -0.382 e. The summed E-state index contributed by atoms with van der Waals surface area (Å²) in [5.41, 5.74) is 0. The molecule has 0 aliphatic heterocycles. The molecule has 0 saturated heterocycles. The number of nitrogens with one attached hydrogen (secondary N) is 2. The number of aliphatic imine (C=N–C) groups is 1. The molecule has 23 heavy (non-hydrogen) atoms. The largest absolute Gasteiger partial charge is 0.382 e. The first-order valence-corrected chi connectivity index (χ1v) is 10.0. The smallest absolute Gasteiger partial charge is 0.191 e. The third kappa shape index (κ3) is 8.67. The molecule has 3 atom stereocenters. The maximum absolute atomic E-state index is 12.0. The molecule has 0 bridgehead atoms. The monoisotopic (exact) mass is 347 g/mol. The molecule has 0 spiro atoms. The Bertz CT molecular complexity index is 366. The van der Waals surface area contributed by atoms with Crippen LogP contribution < -0.4 is 10.6 Å². The number of rotatable bonds is 10. The molecule has 2 N–H and O–H groups in total. The fourth-order valence-corrected chi connectivity index (χ4v) is 4.11. The predicted molar refractivity (Wildman–Crippen MR) is 96.5 cm³/mol. The van der Waals surface area contributed by atoms with Gasteiger partial charge in [-0.2, -0.15) is 0 Å². The lowest BCUT2D eigenvalue weighted by Crippen LogP contribution is -2.46. The minimum absolute atomic E-state index is 0.332. The SMILES string of the molecule is CCS(=O)C1CCCC(NC(=NC)NCCCOCCOC)C1. The lowest BCUT2D eigenvalue weighted by Gasteiger charge is -2.30. The predicted octanol–water partition coefficient (Wildman–Crippen LogP) is 1.28. The molecule has 1 aliphatic rings. The molecule has 3 unspecified atom stereocenters. The van der Waals surface area contributed by atoms with E-state index in [1.165, 1.54) is 0 Å². The second-order valence-corrected chi connectivity index (χ2v) is 7.76. The van der Waals surface area contributed by atoms with Crippen molar-refractivity contribution in [2.24, 2.45) is 4.99 Å². The van der Waals surface area contributed by atoms with E-state index in [2.05, 4.69) is 15.6 Å². The summed E-state index contributed by atoms with van der Waals surface area (Å²) < 4.78 is 22.4. The van der Waals surface area contributed by atoms with Crippen LogP contribution in [0.3, 0.4) is 0 Å². The summed E-state index contributed by atoms with van der Waals surface area (Å²) >= 11 is 0. The van der Waals surface area contributed by atoms with Crippen LogP contribution in [0.15, 0.2) is 4.99 Å². The summed E-state index contributed by atoms with van der Waals surface area (Å²) in [6.07, 6.45) is 5.25. The van der Waals surface area contributed by atoms with Gasteiger partial charge in [0.1, 0.15) is 0 Å². The van der Waals surface area contributed by atoms with E-state index < -0.39 is 10.8 Å². The Labute approximate surface area is 143 Å². The summed E-state index contributed by atoms with van der Waals surface area (Å²) in [5, 5.41) is 7.12. The van der Waals surface area contributed by atoms with Crippen LogP contribution in [-0.4, -0.2) is 67.7 Å². The van der Waals surface area contributed by atoms with Crippen molar-refractivity contribution in [1.29, 1.82) is 0 Å². The van der Waals surface area contributed by atoms with Crippen LogP contribution in [0.25, 0.3) is 0 Å². The molecular weight excluding hydrogens is 314 g/mol. The average molecular weight is 348 g/mol. The molecule has 0 amide bonds. The first kappa shape index (κ1) is 20.4. The van der Waals surface area contributed by atoms with E-state index in [0.29, 0.717) is 31.1 Å². The Morgan fingerprint density at radius 1 is 1.30 bits per heavy atom. The van der Waals surface area contributed by atoms with Crippen molar-refractivity contribution < 1.29 is 13.7 Å².